The summed E-state index contributed by atoms with van der Waals surface area (Å²) in [5.41, 5.74) is 1.24. The first-order valence-electron chi connectivity index (χ1n) is 5.67. The van der Waals surface area contributed by atoms with Gasteiger partial charge >= 0.3 is 0 Å². The number of hydrogen-bond acceptors (Lipinski definition) is 3. The van der Waals surface area contributed by atoms with Crippen molar-refractivity contribution in [2.24, 2.45) is 0 Å². The second-order valence-corrected chi connectivity index (χ2v) is 4.56. The molecule has 2 aromatic rings. The number of Topliss-reactive ketones (excluding diaryl/α,β-unsaturated/α-hetero) is 1. The number of ketones is 1. The molecule has 0 saturated carbocycles. The quantitative estimate of drug-likeness (QED) is 0.806. The molecule has 0 saturated heterocycles. The Bertz CT molecular complexity index is 687. The molecule has 94 valence electrons. The van der Waals surface area contributed by atoms with E-state index in [-0.39, 0.29) is 17.3 Å². The minimum atomic E-state index is -0.189. The zero-order chi connectivity index (χ0) is 13.4. The Kier molecular flexibility index (Phi) is 2.76. The summed E-state index contributed by atoms with van der Waals surface area (Å²) in [7, 11) is 0. The SMILES string of the molecule is O=C1/C(=C/c2ccc(O)cc2)Oc2c(Cl)cccc21. The van der Waals surface area contributed by atoms with Crippen molar-refractivity contribution in [2.45, 2.75) is 0 Å². The van der Waals surface area contributed by atoms with E-state index in [4.69, 9.17) is 16.3 Å². The molecule has 0 fully saturated rings. The number of rotatable bonds is 1. The highest BCUT2D eigenvalue weighted by Crippen LogP contribution is 2.37. The lowest BCUT2D eigenvalue weighted by atomic mass is 10.1. The summed E-state index contributed by atoms with van der Waals surface area (Å²) in [5.74, 6) is 0.616. The van der Waals surface area contributed by atoms with E-state index in [1.807, 2.05) is 0 Å². The average molecular weight is 273 g/mol. The number of hydrogen-bond donors (Lipinski definition) is 1. The van der Waals surface area contributed by atoms with Crippen LogP contribution in [0, 0.1) is 0 Å². The van der Waals surface area contributed by atoms with Crippen LogP contribution < -0.4 is 4.74 Å². The number of phenolic OH excluding ortho intramolecular Hbond substituents is 1. The van der Waals surface area contributed by atoms with Crippen molar-refractivity contribution in [3.63, 3.8) is 0 Å². The highest BCUT2D eigenvalue weighted by atomic mass is 35.5. The van der Waals surface area contributed by atoms with Gasteiger partial charge in [-0.2, -0.15) is 0 Å². The third-order valence-corrected chi connectivity index (χ3v) is 3.14. The van der Waals surface area contributed by atoms with Crippen LogP contribution in [0.3, 0.4) is 0 Å². The number of benzene rings is 2. The van der Waals surface area contributed by atoms with E-state index < -0.39 is 0 Å². The topological polar surface area (TPSA) is 46.5 Å². The standard InChI is InChI=1S/C15H9ClO3/c16-12-3-1-2-11-14(18)13(19-15(11)12)8-9-4-6-10(17)7-5-9/h1-8,17H/b13-8-. The number of allylic oxidation sites excluding steroid dienone is 1. The molecular formula is C15H9ClO3. The molecule has 1 N–H and O–H groups in total. The molecule has 0 spiro atoms. The zero-order valence-electron chi connectivity index (χ0n) is 9.76. The van der Waals surface area contributed by atoms with Crippen molar-refractivity contribution < 1.29 is 14.6 Å². The lowest BCUT2D eigenvalue weighted by Gasteiger charge is -2.00. The molecule has 0 radical (unpaired) electrons. The molecule has 1 aliphatic heterocycles. The Morgan fingerprint density at radius 3 is 2.53 bits per heavy atom. The largest absolute Gasteiger partial charge is 0.508 e. The molecule has 19 heavy (non-hydrogen) atoms. The van der Waals surface area contributed by atoms with Crippen LogP contribution in [-0.2, 0) is 0 Å². The molecule has 1 heterocycles. The summed E-state index contributed by atoms with van der Waals surface area (Å²) in [5, 5.41) is 9.63. The van der Waals surface area contributed by atoms with Gasteiger partial charge < -0.3 is 9.84 Å². The minimum absolute atomic E-state index is 0.173. The molecule has 0 unspecified atom stereocenters. The molecule has 2 aromatic carbocycles. The van der Waals surface area contributed by atoms with Crippen LogP contribution in [0.15, 0.2) is 48.2 Å². The number of para-hydroxylation sites is 1. The van der Waals surface area contributed by atoms with Crippen LogP contribution in [0.4, 0.5) is 0 Å². The number of ether oxygens (including phenoxy) is 1. The normalized spacial score (nSPS) is 15.4. The van der Waals surface area contributed by atoms with Gasteiger partial charge in [-0.05, 0) is 35.9 Å². The summed E-state index contributed by atoms with van der Waals surface area (Å²) in [6, 6.07) is 11.6. The zero-order valence-corrected chi connectivity index (χ0v) is 10.5. The second-order valence-electron chi connectivity index (χ2n) is 4.15. The van der Waals surface area contributed by atoms with Crippen molar-refractivity contribution in [2.75, 3.05) is 0 Å². The van der Waals surface area contributed by atoms with Gasteiger partial charge in [0.25, 0.3) is 0 Å². The van der Waals surface area contributed by atoms with Crippen LogP contribution in [-0.4, -0.2) is 10.9 Å². The van der Waals surface area contributed by atoms with Crippen LogP contribution >= 0.6 is 11.6 Å². The Morgan fingerprint density at radius 1 is 1.11 bits per heavy atom. The summed E-state index contributed by atoms with van der Waals surface area (Å²) in [4.78, 5) is 12.1. The number of carbonyl (C=O) groups excluding carboxylic acids is 1. The Hall–Kier alpha value is -2.26. The van der Waals surface area contributed by atoms with Gasteiger partial charge in [-0.25, -0.2) is 0 Å². The molecule has 0 amide bonds. The first-order valence-corrected chi connectivity index (χ1v) is 6.05. The minimum Gasteiger partial charge on any atom is -0.508 e. The predicted molar refractivity (Wildman–Crippen MR) is 72.5 cm³/mol. The van der Waals surface area contributed by atoms with Gasteiger partial charge in [0.1, 0.15) is 5.75 Å². The lowest BCUT2D eigenvalue weighted by molar-refractivity contribution is 0.101. The number of carbonyl (C=O) groups is 1. The predicted octanol–water partition coefficient (Wildman–Crippen LogP) is 3.66. The van der Waals surface area contributed by atoms with Gasteiger partial charge in [0.2, 0.25) is 5.78 Å². The fourth-order valence-electron chi connectivity index (χ4n) is 1.90. The highest BCUT2D eigenvalue weighted by Gasteiger charge is 2.28. The summed E-state index contributed by atoms with van der Waals surface area (Å²) in [6.45, 7) is 0. The molecule has 4 heteroatoms. The van der Waals surface area contributed by atoms with Crippen LogP contribution in [0.25, 0.3) is 6.08 Å². The molecular weight excluding hydrogens is 264 g/mol. The monoisotopic (exact) mass is 272 g/mol. The van der Waals surface area contributed by atoms with E-state index in [0.29, 0.717) is 16.3 Å². The Balaban J connectivity index is 2.00. The fourth-order valence-corrected chi connectivity index (χ4v) is 2.11. The summed E-state index contributed by atoms with van der Waals surface area (Å²) < 4.78 is 5.50. The molecule has 0 aliphatic carbocycles. The maximum atomic E-state index is 12.1. The van der Waals surface area contributed by atoms with Gasteiger partial charge in [-0.1, -0.05) is 29.8 Å². The van der Waals surface area contributed by atoms with Crippen LogP contribution in [0.2, 0.25) is 5.02 Å². The van der Waals surface area contributed by atoms with E-state index in [1.54, 1.807) is 48.5 Å². The third-order valence-electron chi connectivity index (χ3n) is 2.84. The number of phenols is 1. The van der Waals surface area contributed by atoms with Crippen molar-refractivity contribution in [3.05, 3.63) is 64.4 Å². The van der Waals surface area contributed by atoms with E-state index in [1.165, 1.54) is 0 Å². The Labute approximate surface area is 114 Å². The van der Waals surface area contributed by atoms with E-state index >= 15 is 0 Å². The van der Waals surface area contributed by atoms with Gasteiger partial charge in [0, 0.05) is 0 Å². The molecule has 1 aliphatic rings. The van der Waals surface area contributed by atoms with Gasteiger partial charge in [-0.15, -0.1) is 0 Å². The van der Waals surface area contributed by atoms with Crippen LogP contribution in [0.1, 0.15) is 15.9 Å². The first kappa shape index (κ1) is 11.8. The van der Waals surface area contributed by atoms with Gasteiger partial charge in [0.15, 0.2) is 11.5 Å². The number of fused-ring (bicyclic) bond motifs is 1. The van der Waals surface area contributed by atoms with Crippen molar-refractivity contribution in [1.29, 1.82) is 0 Å². The van der Waals surface area contributed by atoms with Crippen LogP contribution in [0.5, 0.6) is 11.5 Å². The average Bonchev–Trinajstić information content (AvgIpc) is 2.72. The number of aromatic hydroxyl groups is 1. The van der Waals surface area contributed by atoms with Crippen molar-refractivity contribution in [1.82, 2.24) is 0 Å². The van der Waals surface area contributed by atoms with Crippen molar-refractivity contribution in [3.8, 4) is 11.5 Å². The van der Waals surface area contributed by atoms with E-state index in [9.17, 15) is 9.90 Å². The number of halogens is 1. The summed E-state index contributed by atoms with van der Waals surface area (Å²) >= 11 is 5.99. The molecule has 0 bridgehead atoms. The first-order chi connectivity index (χ1) is 9.15. The van der Waals surface area contributed by atoms with Gasteiger partial charge in [0.05, 0.1) is 10.6 Å². The highest BCUT2D eigenvalue weighted by molar-refractivity contribution is 6.33. The maximum Gasteiger partial charge on any atom is 0.232 e. The smallest absolute Gasteiger partial charge is 0.232 e. The molecule has 0 atom stereocenters. The van der Waals surface area contributed by atoms with E-state index in [0.717, 1.165) is 5.56 Å². The molecule has 3 nitrogen and oxygen atoms in total. The third kappa shape index (κ3) is 2.09. The Morgan fingerprint density at radius 2 is 1.84 bits per heavy atom. The fraction of sp³-hybridized carbons (Fsp3) is 0. The second kappa shape index (κ2) is 4.44. The van der Waals surface area contributed by atoms with E-state index in [2.05, 4.69) is 0 Å². The van der Waals surface area contributed by atoms with Gasteiger partial charge in [-0.3, -0.25) is 4.79 Å². The molecule has 0 aromatic heterocycles. The summed E-state index contributed by atoms with van der Waals surface area (Å²) in [6.07, 6.45) is 1.62. The lowest BCUT2D eigenvalue weighted by Crippen LogP contribution is -1.97. The van der Waals surface area contributed by atoms with Crippen molar-refractivity contribution >= 4 is 23.5 Å². The maximum absolute atomic E-state index is 12.1. The molecule has 3 rings (SSSR count).